The largest absolute Gasteiger partial charge is 0.335 e. The van der Waals surface area contributed by atoms with Crippen LogP contribution in [0.1, 0.15) is 58.3 Å². The number of nitrogens with one attached hydrogen (secondary N) is 1. The van der Waals surface area contributed by atoms with Crippen LogP contribution in [0.4, 0.5) is 4.79 Å². The Labute approximate surface area is 105 Å². The second-order valence-corrected chi connectivity index (χ2v) is 5.68. The summed E-state index contributed by atoms with van der Waals surface area (Å²) in [6.45, 7) is 4.07. The zero-order valence-corrected chi connectivity index (χ0v) is 11.1. The summed E-state index contributed by atoms with van der Waals surface area (Å²) in [5, 5.41) is 3.21. The van der Waals surface area contributed by atoms with Crippen LogP contribution < -0.4 is 5.32 Å². The normalized spacial score (nSPS) is 24.4. The molecule has 1 heterocycles. The molecule has 1 atom stereocenters. The van der Waals surface area contributed by atoms with Gasteiger partial charge in [0.05, 0.1) is 0 Å². The highest BCUT2D eigenvalue weighted by atomic mass is 16.2. The third-order valence-corrected chi connectivity index (χ3v) is 4.35. The lowest BCUT2D eigenvalue weighted by Crippen LogP contribution is -2.48. The summed E-state index contributed by atoms with van der Waals surface area (Å²) in [6, 6.07) is 0.521. The van der Waals surface area contributed by atoms with E-state index >= 15 is 0 Å². The van der Waals surface area contributed by atoms with Gasteiger partial charge in [0, 0.05) is 19.1 Å². The summed E-state index contributed by atoms with van der Waals surface area (Å²) < 4.78 is 0. The molecule has 1 N–H and O–H groups in total. The smallest absolute Gasteiger partial charge is 0.317 e. The predicted molar refractivity (Wildman–Crippen MR) is 70.0 cm³/mol. The lowest BCUT2D eigenvalue weighted by molar-refractivity contribution is 0.175. The number of carbonyl (C=O) groups excluding carboxylic acids is 1. The van der Waals surface area contributed by atoms with Crippen molar-refractivity contribution in [3.05, 3.63) is 0 Å². The number of carbonyl (C=O) groups is 1. The molecule has 0 aromatic rings. The van der Waals surface area contributed by atoms with Crippen LogP contribution in [0.25, 0.3) is 0 Å². The molecule has 2 aliphatic rings. The Balaban J connectivity index is 1.76. The minimum atomic E-state index is 0.169. The van der Waals surface area contributed by atoms with Gasteiger partial charge in [0.2, 0.25) is 0 Å². The van der Waals surface area contributed by atoms with Crippen molar-refractivity contribution < 1.29 is 4.79 Å². The second kappa shape index (κ2) is 6.27. The van der Waals surface area contributed by atoms with Gasteiger partial charge in [-0.05, 0) is 44.9 Å². The molecule has 1 unspecified atom stereocenters. The summed E-state index contributed by atoms with van der Waals surface area (Å²) in [7, 11) is 0. The summed E-state index contributed by atoms with van der Waals surface area (Å²) in [5.41, 5.74) is 0. The molecular weight excluding hydrogens is 212 g/mol. The number of nitrogens with zero attached hydrogens (tertiary/aromatic N) is 1. The monoisotopic (exact) mass is 238 g/mol. The van der Waals surface area contributed by atoms with Gasteiger partial charge in [-0.1, -0.05) is 19.3 Å². The maximum atomic E-state index is 12.1. The second-order valence-electron chi connectivity index (χ2n) is 5.68. The Morgan fingerprint density at radius 3 is 2.29 bits per heavy atom. The van der Waals surface area contributed by atoms with Crippen molar-refractivity contribution in [1.29, 1.82) is 0 Å². The number of hydrogen-bond acceptors (Lipinski definition) is 1. The minimum absolute atomic E-state index is 0.169. The average Bonchev–Trinajstić information content (AvgIpc) is 2.40. The lowest BCUT2D eigenvalue weighted by atomic mass is 9.84. The van der Waals surface area contributed by atoms with Gasteiger partial charge in [-0.15, -0.1) is 0 Å². The van der Waals surface area contributed by atoms with Crippen LogP contribution in [0, 0.1) is 5.92 Å². The van der Waals surface area contributed by atoms with E-state index in [1.54, 1.807) is 0 Å². The third kappa shape index (κ3) is 3.62. The quantitative estimate of drug-likeness (QED) is 0.787. The first kappa shape index (κ1) is 12.7. The first-order chi connectivity index (χ1) is 8.27. The fraction of sp³-hybridized carbons (Fsp3) is 0.929. The van der Waals surface area contributed by atoms with E-state index in [9.17, 15) is 4.79 Å². The fourth-order valence-corrected chi connectivity index (χ4v) is 3.14. The number of piperidine rings is 1. The van der Waals surface area contributed by atoms with Gasteiger partial charge in [0.1, 0.15) is 0 Å². The number of urea groups is 1. The third-order valence-electron chi connectivity index (χ3n) is 4.35. The number of rotatable bonds is 2. The summed E-state index contributed by atoms with van der Waals surface area (Å²) in [5.74, 6) is 0.706. The number of amides is 2. The molecule has 3 nitrogen and oxygen atoms in total. The molecule has 1 saturated carbocycles. The predicted octanol–water partition coefficient (Wildman–Crippen LogP) is 3.15. The first-order valence-electron chi connectivity index (χ1n) is 7.33. The van der Waals surface area contributed by atoms with Gasteiger partial charge in [0.15, 0.2) is 0 Å². The maximum Gasteiger partial charge on any atom is 0.317 e. The molecule has 0 aromatic heterocycles. The summed E-state index contributed by atoms with van der Waals surface area (Å²) in [6.07, 6.45) is 10.3. The van der Waals surface area contributed by atoms with Gasteiger partial charge < -0.3 is 10.2 Å². The Kier molecular flexibility index (Phi) is 4.69. The van der Waals surface area contributed by atoms with E-state index in [0.29, 0.717) is 12.0 Å². The van der Waals surface area contributed by atoms with Gasteiger partial charge in [-0.2, -0.15) is 0 Å². The van der Waals surface area contributed by atoms with Gasteiger partial charge in [-0.3, -0.25) is 0 Å². The highest BCUT2D eigenvalue weighted by Crippen LogP contribution is 2.26. The molecule has 1 aliphatic carbocycles. The van der Waals surface area contributed by atoms with Gasteiger partial charge in [0.25, 0.3) is 0 Å². The molecule has 1 aliphatic heterocycles. The van der Waals surface area contributed by atoms with E-state index in [1.807, 2.05) is 4.90 Å². The van der Waals surface area contributed by atoms with Crippen LogP contribution in [0.3, 0.4) is 0 Å². The van der Waals surface area contributed by atoms with E-state index in [-0.39, 0.29) is 6.03 Å². The molecule has 17 heavy (non-hydrogen) atoms. The first-order valence-corrected chi connectivity index (χ1v) is 7.33. The SMILES string of the molecule is CC(NC(=O)N1CCCCC1)C1CCCCC1. The van der Waals surface area contributed by atoms with Crippen LogP contribution in [0.5, 0.6) is 0 Å². The maximum absolute atomic E-state index is 12.1. The Morgan fingerprint density at radius 1 is 1.06 bits per heavy atom. The van der Waals surface area contributed by atoms with E-state index in [4.69, 9.17) is 0 Å². The van der Waals surface area contributed by atoms with Crippen LogP contribution in [-0.4, -0.2) is 30.1 Å². The highest BCUT2D eigenvalue weighted by Gasteiger charge is 2.24. The van der Waals surface area contributed by atoms with E-state index in [1.165, 1.54) is 51.4 Å². The standard InChI is InChI=1S/C14H26N2O/c1-12(13-8-4-2-5-9-13)15-14(17)16-10-6-3-7-11-16/h12-13H,2-11H2,1H3,(H,15,17). The molecule has 2 rings (SSSR count). The van der Waals surface area contributed by atoms with Crippen molar-refractivity contribution in [3.63, 3.8) is 0 Å². The molecule has 2 amide bonds. The fourth-order valence-electron chi connectivity index (χ4n) is 3.14. The molecule has 0 aromatic carbocycles. The molecule has 1 saturated heterocycles. The summed E-state index contributed by atoms with van der Waals surface area (Å²) in [4.78, 5) is 14.1. The van der Waals surface area contributed by atoms with Crippen molar-refractivity contribution in [2.75, 3.05) is 13.1 Å². The molecular formula is C14H26N2O. The minimum Gasteiger partial charge on any atom is -0.335 e. The number of hydrogen-bond donors (Lipinski definition) is 1. The molecule has 98 valence electrons. The van der Waals surface area contributed by atoms with E-state index < -0.39 is 0 Å². The topological polar surface area (TPSA) is 32.3 Å². The van der Waals surface area contributed by atoms with Crippen molar-refractivity contribution in [1.82, 2.24) is 10.2 Å². The van der Waals surface area contributed by atoms with Crippen molar-refractivity contribution >= 4 is 6.03 Å². The molecule has 0 spiro atoms. The summed E-state index contributed by atoms with van der Waals surface area (Å²) >= 11 is 0. The zero-order valence-electron chi connectivity index (χ0n) is 11.1. The Bertz CT molecular complexity index is 243. The lowest BCUT2D eigenvalue weighted by Gasteiger charge is -2.32. The van der Waals surface area contributed by atoms with Crippen LogP contribution in [-0.2, 0) is 0 Å². The van der Waals surface area contributed by atoms with E-state index in [0.717, 1.165) is 13.1 Å². The van der Waals surface area contributed by atoms with Crippen LogP contribution in [0.15, 0.2) is 0 Å². The van der Waals surface area contributed by atoms with E-state index in [2.05, 4.69) is 12.2 Å². The van der Waals surface area contributed by atoms with Gasteiger partial charge in [-0.25, -0.2) is 4.79 Å². The average molecular weight is 238 g/mol. The molecule has 2 fully saturated rings. The van der Waals surface area contributed by atoms with Crippen LogP contribution >= 0.6 is 0 Å². The van der Waals surface area contributed by atoms with Crippen LogP contribution in [0.2, 0.25) is 0 Å². The molecule has 0 bridgehead atoms. The molecule has 0 radical (unpaired) electrons. The molecule has 3 heteroatoms. The Hall–Kier alpha value is -0.730. The highest BCUT2D eigenvalue weighted by molar-refractivity contribution is 5.74. The Morgan fingerprint density at radius 2 is 1.65 bits per heavy atom. The van der Waals surface area contributed by atoms with Crippen molar-refractivity contribution in [3.8, 4) is 0 Å². The van der Waals surface area contributed by atoms with Crippen molar-refractivity contribution in [2.24, 2.45) is 5.92 Å². The van der Waals surface area contributed by atoms with Gasteiger partial charge >= 0.3 is 6.03 Å². The van der Waals surface area contributed by atoms with Crippen molar-refractivity contribution in [2.45, 2.75) is 64.3 Å². The zero-order chi connectivity index (χ0) is 12.1. The number of likely N-dealkylation sites (tertiary alicyclic amines) is 1.